The summed E-state index contributed by atoms with van der Waals surface area (Å²) in [6, 6.07) is 11.6. The lowest BCUT2D eigenvalue weighted by Gasteiger charge is -2.12. The third kappa shape index (κ3) is 4.47. The summed E-state index contributed by atoms with van der Waals surface area (Å²) in [5, 5.41) is 15.1. The van der Waals surface area contributed by atoms with Crippen LogP contribution in [0.25, 0.3) is 0 Å². The second-order valence-corrected chi connectivity index (χ2v) is 4.95. The summed E-state index contributed by atoms with van der Waals surface area (Å²) in [5.74, 6) is 0.0396. The fraction of sp³-hybridized carbons (Fsp3) is 0.176. The fourth-order valence-electron chi connectivity index (χ4n) is 2.11. The molecule has 0 saturated carbocycles. The first-order valence-corrected chi connectivity index (χ1v) is 7.02. The Labute approximate surface area is 134 Å². The second-order valence-electron chi connectivity index (χ2n) is 4.95. The molecule has 0 saturated heterocycles. The van der Waals surface area contributed by atoms with Crippen LogP contribution in [0, 0.1) is 0 Å². The van der Waals surface area contributed by atoms with E-state index in [0.29, 0.717) is 22.7 Å². The summed E-state index contributed by atoms with van der Waals surface area (Å²) < 4.78 is 5.20. The normalized spacial score (nSPS) is 10.0. The molecule has 0 fully saturated rings. The molecule has 0 spiro atoms. The van der Waals surface area contributed by atoms with Crippen molar-refractivity contribution in [3.63, 3.8) is 0 Å². The number of nitrogens with one attached hydrogen (secondary N) is 2. The Morgan fingerprint density at radius 1 is 1.13 bits per heavy atom. The number of hydrogen-bond acceptors (Lipinski definition) is 4. The van der Waals surface area contributed by atoms with Gasteiger partial charge in [-0.15, -0.1) is 0 Å². The molecule has 0 aliphatic rings. The van der Waals surface area contributed by atoms with E-state index in [4.69, 9.17) is 4.74 Å². The van der Waals surface area contributed by atoms with Crippen molar-refractivity contribution < 1.29 is 19.4 Å². The van der Waals surface area contributed by atoms with E-state index < -0.39 is 0 Å². The Morgan fingerprint density at radius 3 is 2.52 bits per heavy atom. The van der Waals surface area contributed by atoms with Gasteiger partial charge in [-0.25, -0.2) is 0 Å². The largest absolute Gasteiger partial charge is 0.508 e. The summed E-state index contributed by atoms with van der Waals surface area (Å²) in [7, 11) is 1.49. The summed E-state index contributed by atoms with van der Waals surface area (Å²) >= 11 is 0. The molecule has 0 aliphatic carbocycles. The lowest BCUT2D eigenvalue weighted by atomic mass is 10.1. The minimum absolute atomic E-state index is 0.0280. The van der Waals surface area contributed by atoms with Crippen LogP contribution in [-0.2, 0) is 16.0 Å². The van der Waals surface area contributed by atoms with Crippen LogP contribution in [0.3, 0.4) is 0 Å². The topological polar surface area (TPSA) is 87.7 Å². The Morgan fingerprint density at radius 2 is 1.87 bits per heavy atom. The number of rotatable bonds is 5. The van der Waals surface area contributed by atoms with E-state index in [-0.39, 0.29) is 24.0 Å². The first-order chi connectivity index (χ1) is 11.0. The van der Waals surface area contributed by atoms with Crippen molar-refractivity contribution in [2.24, 2.45) is 0 Å². The number of ether oxygens (including phenoxy) is 1. The highest BCUT2D eigenvalue weighted by Gasteiger charge is 2.11. The molecule has 0 unspecified atom stereocenters. The monoisotopic (exact) mass is 314 g/mol. The van der Waals surface area contributed by atoms with Crippen LogP contribution in [0.1, 0.15) is 12.5 Å². The molecule has 2 amide bonds. The molecule has 2 rings (SSSR count). The van der Waals surface area contributed by atoms with E-state index in [9.17, 15) is 14.7 Å². The zero-order valence-corrected chi connectivity index (χ0v) is 12.9. The molecule has 23 heavy (non-hydrogen) atoms. The lowest BCUT2D eigenvalue weighted by molar-refractivity contribution is -0.116. The molecule has 6 nitrogen and oxygen atoms in total. The van der Waals surface area contributed by atoms with Gasteiger partial charge in [-0.3, -0.25) is 9.59 Å². The van der Waals surface area contributed by atoms with E-state index in [1.54, 1.807) is 36.4 Å². The van der Waals surface area contributed by atoms with E-state index in [2.05, 4.69) is 10.6 Å². The van der Waals surface area contributed by atoms with Gasteiger partial charge >= 0.3 is 0 Å². The van der Waals surface area contributed by atoms with Crippen molar-refractivity contribution in [3.8, 4) is 11.5 Å². The SMILES string of the molecule is COc1ccc(NC(C)=O)cc1NC(=O)Cc1ccccc1O. The summed E-state index contributed by atoms with van der Waals surface area (Å²) in [6.07, 6.45) is 0.0280. The molecule has 0 radical (unpaired) electrons. The minimum Gasteiger partial charge on any atom is -0.508 e. The first kappa shape index (κ1) is 16.4. The van der Waals surface area contributed by atoms with Gasteiger partial charge in [-0.2, -0.15) is 0 Å². The Bertz CT molecular complexity index is 728. The molecule has 0 aliphatic heterocycles. The molecule has 120 valence electrons. The number of hydrogen-bond donors (Lipinski definition) is 3. The number of carbonyl (C=O) groups is 2. The fourth-order valence-corrected chi connectivity index (χ4v) is 2.11. The van der Waals surface area contributed by atoms with Gasteiger partial charge in [0.2, 0.25) is 11.8 Å². The van der Waals surface area contributed by atoms with Crippen molar-refractivity contribution in [2.45, 2.75) is 13.3 Å². The van der Waals surface area contributed by atoms with Gasteiger partial charge in [0.15, 0.2) is 0 Å². The van der Waals surface area contributed by atoms with Crippen LogP contribution >= 0.6 is 0 Å². The smallest absolute Gasteiger partial charge is 0.229 e. The van der Waals surface area contributed by atoms with Gasteiger partial charge in [-0.05, 0) is 24.3 Å². The van der Waals surface area contributed by atoms with Gasteiger partial charge < -0.3 is 20.5 Å². The third-order valence-electron chi connectivity index (χ3n) is 3.14. The Kier molecular flexibility index (Phi) is 5.19. The highest BCUT2D eigenvalue weighted by molar-refractivity contribution is 5.96. The average Bonchev–Trinajstić information content (AvgIpc) is 2.49. The number of para-hydroxylation sites is 1. The Hall–Kier alpha value is -3.02. The van der Waals surface area contributed by atoms with Crippen molar-refractivity contribution in [2.75, 3.05) is 17.7 Å². The number of phenols is 1. The summed E-state index contributed by atoms with van der Waals surface area (Å²) in [5.41, 5.74) is 1.53. The van der Waals surface area contributed by atoms with Gasteiger partial charge in [0, 0.05) is 18.2 Å². The number of amides is 2. The van der Waals surface area contributed by atoms with Crippen LogP contribution in [0.4, 0.5) is 11.4 Å². The molecule has 2 aromatic rings. The predicted octanol–water partition coefficient (Wildman–Crippen LogP) is 2.54. The van der Waals surface area contributed by atoms with Gasteiger partial charge in [0.25, 0.3) is 0 Å². The third-order valence-corrected chi connectivity index (χ3v) is 3.14. The maximum Gasteiger partial charge on any atom is 0.229 e. The maximum absolute atomic E-state index is 12.2. The quantitative estimate of drug-likeness (QED) is 0.791. The molecule has 0 atom stereocenters. The zero-order valence-electron chi connectivity index (χ0n) is 12.9. The highest BCUT2D eigenvalue weighted by Crippen LogP contribution is 2.28. The van der Waals surface area contributed by atoms with Crippen molar-refractivity contribution in [3.05, 3.63) is 48.0 Å². The number of carbonyl (C=O) groups excluding carboxylic acids is 2. The highest BCUT2D eigenvalue weighted by atomic mass is 16.5. The van der Waals surface area contributed by atoms with Crippen molar-refractivity contribution in [1.82, 2.24) is 0 Å². The number of phenolic OH excluding ortho intramolecular Hbond substituents is 1. The van der Waals surface area contributed by atoms with Crippen LogP contribution in [0.15, 0.2) is 42.5 Å². The average molecular weight is 314 g/mol. The number of benzene rings is 2. The van der Waals surface area contributed by atoms with E-state index >= 15 is 0 Å². The Balaban J connectivity index is 2.15. The molecular formula is C17H18N2O4. The summed E-state index contributed by atoms with van der Waals surface area (Å²) in [4.78, 5) is 23.3. The van der Waals surface area contributed by atoms with E-state index in [0.717, 1.165) is 0 Å². The van der Waals surface area contributed by atoms with Gasteiger partial charge in [0.05, 0.1) is 19.2 Å². The first-order valence-electron chi connectivity index (χ1n) is 7.02. The molecule has 0 bridgehead atoms. The molecule has 0 heterocycles. The molecular weight excluding hydrogens is 296 g/mol. The van der Waals surface area contributed by atoms with E-state index in [1.807, 2.05) is 0 Å². The predicted molar refractivity (Wildman–Crippen MR) is 87.7 cm³/mol. The summed E-state index contributed by atoms with van der Waals surface area (Å²) in [6.45, 7) is 1.40. The number of methoxy groups -OCH3 is 1. The van der Waals surface area contributed by atoms with Crippen LogP contribution in [-0.4, -0.2) is 24.0 Å². The van der Waals surface area contributed by atoms with Crippen LogP contribution < -0.4 is 15.4 Å². The van der Waals surface area contributed by atoms with Gasteiger partial charge in [0.1, 0.15) is 11.5 Å². The molecule has 2 aromatic carbocycles. The number of aromatic hydroxyl groups is 1. The van der Waals surface area contributed by atoms with Gasteiger partial charge in [-0.1, -0.05) is 18.2 Å². The number of anilines is 2. The van der Waals surface area contributed by atoms with Crippen LogP contribution in [0.2, 0.25) is 0 Å². The van der Waals surface area contributed by atoms with Crippen molar-refractivity contribution >= 4 is 23.2 Å². The van der Waals surface area contributed by atoms with Crippen molar-refractivity contribution in [1.29, 1.82) is 0 Å². The second kappa shape index (κ2) is 7.31. The standard InChI is InChI=1S/C17H18N2O4/c1-11(20)18-13-7-8-16(23-2)14(10-13)19-17(22)9-12-5-3-4-6-15(12)21/h3-8,10,21H,9H2,1-2H3,(H,18,20)(H,19,22). The zero-order chi connectivity index (χ0) is 16.8. The van der Waals surface area contributed by atoms with E-state index in [1.165, 1.54) is 20.1 Å². The molecule has 3 N–H and O–H groups in total. The minimum atomic E-state index is -0.301. The molecule has 0 aromatic heterocycles. The maximum atomic E-state index is 12.2. The van der Waals surface area contributed by atoms with Crippen LogP contribution in [0.5, 0.6) is 11.5 Å². The molecule has 6 heteroatoms. The lowest BCUT2D eigenvalue weighted by Crippen LogP contribution is -2.15.